The van der Waals surface area contributed by atoms with E-state index >= 15 is 0 Å². The van der Waals surface area contributed by atoms with Crippen LogP contribution in [0.3, 0.4) is 0 Å². The minimum atomic E-state index is -0.205. The number of carbonyl (C=O) groups is 1. The van der Waals surface area contributed by atoms with Gasteiger partial charge in [0.1, 0.15) is 0 Å². The van der Waals surface area contributed by atoms with Crippen LogP contribution in [0.1, 0.15) is 181 Å². The molecule has 0 amide bonds. The van der Waals surface area contributed by atoms with E-state index in [0.717, 1.165) is 74.5 Å². The van der Waals surface area contributed by atoms with E-state index in [0.29, 0.717) is 23.7 Å². The van der Waals surface area contributed by atoms with Crippen molar-refractivity contribution in [2.75, 3.05) is 0 Å². The van der Waals surface area contributed by atoms with Crippen LogP contribution in [0.15, 0.2) is 36.1 Å². The molecule has 0 heterocycles. The van der Waals surface area contributed by atoms with Crippen molar-refractivity contribution in [1.82, 2.24) is 0 Å². The molecule has 0 saturated heterocycles. The molecule has 0 atom stereocenters. The van der Waals surface area contributed by atoms with Gasteiger partial charge in [-0.1, -0.05) is 92.6 Å². The van der Waals surface area contributed by atoms with Crippen LogP contribution in [-0.4, -0.2) is 10.9 Å². The molecule has 2 aromatic carbocycles. The van der Waals surface area contributed by atoms with Gasteiger partial charge in [0.15, 0.2) is 5.76 Å². The molecule has 2 nitrogen and oxygen atoms in total. The molecule has 0 aliphatic carbocycles. The largest absolute Gasteiger partial charge is 0.504 e. The van der Waals surface area contributed by atoms with Crippen molar-refractivity contribution in [2.45, 2.75) is 144 Å². The highest BCUT2D eigenvalue weighted by Crippen LogP contribution is 2.41. The number of Topliss-reactive ketones (excluding diaryl/α,β-unsaturated/α-hetero) is 1. The van der Waals surface area contributed by atoms with E-state index in [-0.39, 0.29) is 11.5 Å². The number of rotatable bonds is 16. The summed E-state index contributed by atoms with van der Waals surface area (Å²) >= 11 is 0. The lowest BCUT2D eigenvalue weighted by Crippen LogP contribution is -2.18. The van der Waals surface area contributed by atoms with Crippen LogP contribution < -0.4 is 0 Å². The van der Waals surface area contributed by atoms with Gasteiger partial charge in [0.2, 0.25) is 5.78 Å². The zero-order valence-electron chi connectivity index (χ0n) is 26.5. The summed E-state index contributed by atoms with van der Waals surface area (Å²) in [4.78, 5) is 14.5. The van der Waals surface area contributed by atoms with E-state index in [1.807, 2.05) is 0 Å². The topological polar surface area (TPSA) is 37.3 Å². The van der Waals surface area contributed by atoms with Gasteiger partial charge in [-0.2, -0.15) is 0 Å². The van der Waals surface area contributed by atoms with E-state index in [1.54, 1.807) is 6.08 Å². The minimum Gasteiger partial charge on any atom is -0.504 e. The summed E-state index contributed by atoms with van der Waals surface area (Å²) in [7, 11) is 0. The average molecular weight is 533 g/mol. The molecule has 0 unspecified atom stereocenters. The number of aliphatic hydroxyl groups excluding tert-OH is 1. The number of ketones is 1. The normalized spacial score (nSPS) is 12.4. The van der Waals surface area contributed by atoms with Crippen molar-refractivity contribution in [3.05, 3.63) is 75.0 Å². The predicted molar refractivity (Wildman–Crippen MR) is 170 cm³/mol. The number of aryl methyl sites for hydroxylation is 1. The standard InChI is InChI=1S/C37H56O2/c1-10-25-19-20-31(26(11-2)12-3)30(23-25)24-34(38)37(39)36-33(28(15-6)16-7)22-21-32(27(13-4)14-5)35(36)29(17-8)18-9/h19-24,26-29,38H,10-18H2,1-9H3/b34-24-. The van der Waals surface area contributed by atoms with Crippen molar-refractivity contribution in [3.63, 3.8) is 0 Å². The van der Waals surface area contributed by atoms with Crippen LogP contribution in [0.4, 0.5) is 0 Å². The van der Waals surface area contributed by atoms with Gasteiger partial charge in [0, 0.05) is 5.56 Å². The number of hydrogen-bond acceptors (Lipinski definition) is 2. The zero-order chi connectivity index (χ0) is 29.1. The Morgan fingerprint density at radius 3 is 1.56 bits per heavy atom. The first-order valence-corrected chi connectivity index (χ1v) is 16.0. The van der Waals surface area contributed by atoms with Crippen molar-refractivity contribution >= 4 is 11.9 Å². The molecule has 39 heavy (non-hydrogen) atoms. The summed E-state index contributed by atoms with van der Waals surface area (Å²) in [5.41, 5.74) is 7.84. The van der Waals surface area contributed by atoms with Gasteiger partial charge in [-0.3, -0.25) is 4.79 Å². The average Bonchev–Trinajstić information content (AvgIpc) is 2.96. The molecular weight excluding hydrogens is 476 g/mol. The third-order valence-corrected chi connectivity index (χ3v) is 9.29. The zero-order valence-corrected chi connectivity index (χ0v) is 26.5. The Bertz CT molecular complexity index is 1080. The van der Waals surface area contributed by atoms with Gasteiger partial charge in [-0.05, 0) is 121 Å². The monoisotopic (exact) mass is 532 g/mol. The third-order valence-electron chi connectivity index (χ3n) is 9.29. The first kappa shape index (κ1) is 32.9. The van der Waals surface area contributed by atoms with Crippen LogP contribution in [0, 0.1) is 0 Å². The lowest BCUT2D eigenvalue weighted by Gasteiger charge is -2.29. The highest BCUT2D eigenvalue weighted by atomic mass is 16.3. The molecule has 2 aromatic rings. The van der Waals surface area contributed by atoms with Crippen molar-refractivity contribution < 1.29 is 9.90 Å². The maximum Gasteiger partial charge on any atom is 0.227 e. The van der Waals surface area contributed by atoms with E-state index < -0.39 is 0 Å². The molecule has 0 spiro atoms. The number of allylic oxidation sites excluding steroid dienone is 1. The number of benzene rings is 2. The minimum absolute atomic E-state index is 0.128. The number of hydrogen-bond donors (Lipinski definition) is 1. The maximum absolute atomic E-state index is 14.5. The van der Waals surface area contributed by atoms with Crippen LogP contribution in [0.5, 0.6) is 0 Å². The summed E-state index contributed by atoms with van der Waals surface area (Å²) < 4.78 is 0. The number of aliphatic hydroxyl groups is 1. The highest BCUT2D eigenvalue weighted by molar-refractivity contribution is 6.12. The van der Waals surface area contributed by atoms with E-state index in [9.17, 15) is 9.90 Å². The Kier molecular flexibility index (Phi) is 13.5. The van der Waals surface area contributed by atoms with Crippen LogP contribution in [0.2, 0.25) is 0 Å². The van der Waals surface area contributed by atoms with Crippen molar-refractivity contribution in [1.29, 1.82) is 0 Å². The summed E-state index contributed by atoms with van der Waals surface area (Å²) in [5.74, 6) is 1.08. The summed E-state index contributed by atoms with van der Waals surface area (Å²) in [5, 5.41) is 11.6. The fourth-order valence-corrected chi connectivity index (χ4v) is 6.61. The fourth-order valence-electron chi connectivity index (χ4n) is 6.61. The summed E-state index contributed by atoms with van der Waals surface area (Å²) in [6.45, 7) is 20.0. The Labute approximate surface area is 240 Å². The van der Waals surface area contributed by atoms with Crippen LogP contribution >= 0.6 is 0 Å². The van der Waals surface area contributed by atoms with Gasteiger partial charge in [0.25, 0.3) is 0 Å². The van der Waals surface area contributed by atoms with Gasteiger partial charge < -0.3 is 5.11 Å². The molecule has 216 valence electrons. The molecule has 0 aliphatic heterocycles. The van der Waals surface area contributed by atoms with Gasteiger partial charge in [-0.15, -0.1) is 0 Å². The molecule has 0 saturated carbocycles. The Balaban J connectivity index is 2.90. The quantitative estimate of drug-likeness (QED) is 0.133. The van der Waals surface area contributed by atoms with Gasteiger partial charge >= 0.3 is 0 Å². The molecule has 0 radical (unpaired) electrons. The second-order valence-corrected chi connectivity index (χ2v) is 11.3. The number of carbonyl (C=O) groups excluding carboxylic acids is 1. The second-order valence-electron chi connectivity index (χ2n) is 11.3. The molecule has 2 rings (SSSR count). The SMILES string of the molecule is CCc1ccc(C(CC)CC)c(/C=C(\O)C(=O)c2c(C(CC)CC)ccc(C(CC)CC)c2C(CC)CC)c1. The fraction of sp³-hybridized carbons (Fsp3) is 0.595. The van der Waals surface area contributed by atoms with Crippen LogP contribution in [-0.2, 0) is 6.42 Å². The molecular formula is C37H56O2. The van der Waals surface area contributed by atoms with E-state index in [2.05, 4.69) is 92.6 Å². The van der Waals surface area contributed by atoms with Crippen molar-refractivity contribution in [2.24, 2.45) is 0 Å². The lowest BCUT2D eigenvalue weighted by molar-refractivity contribution is 0.0977. The Morgan fingerprint density at radius 2 is 1.08 bits per heavy atom. The highest BCUT2D eigenvalue weighted by Gasteiger charge is 2.30. The Morgan fingerprint density at radius 1 is 0.641 bits per heavy atom. The molecule has 0 aromatic heterocycles. The summed E-state index contributed by atoms with van der Waals surface area (Å²) in [6.07, 6.45) is 10.8. The molecule has 2 heteroatoms. The molecule has 1 N–H and O–H groups in total. The van der Waals surface area contributed by atoms with Gasteiger partial charge in [-0.25, -0.2) is 0 Å². The molecule has 0 aliphatic rings. The third kappa shape index (κ3) is 7.44. The maximum atomic E-state index is 14.5. The predicted octanol–water partition coefficient (Wildman–Crippen LogP) is 11.6. The first-order valence-electron chi connectivity index (χ1n) is 16.0. The lowest BCUT2D eigenvalue weighted by atomic mass is 9.75. The summed E-state index contributed by atoms with van der Waals surface area (Å²) in [6, 6.07) is 11.1. The van der Waals surface area contributed by atoms with Crippen LogP contribution in [0.25, 0.3) is 6.08 Å². The molecule has 0 fully saturated rings. The van der Waals surface area contributed by atoms with Gasteiger partial charge in [0.05, 0.1) is 0 Å². The molecule has 0 bridgehead atoms. The smallest absolute Gasteiger partial charge is 0.227 e. The Hall–Kier alpha value is -2.35. The van der Waals surface area contributed by atoms with E-state index in [4.69, 9.17) is 0 Å². The van der Waals surface area contributed by atoms with E-state index in [1.165, 1.54) is 22.3 Å². The first-order chi connectivity index (χ1) is 18.8. The second kappa shape index (κ2) is 16.0. The van der Waals surface area contributed by atoms with Crippen molar-refractivity contribution in [3.8, 4) is 0 Å².